The number of rotatable bonds is 4. The van der Waals surface area contributed by atoms with Crippen molar-refractivity contribution in [2.75, 3.05) is 7.05 Å². The van der Waals surface area contributed by atoms with E-state index in [1.807, 2.05) is 7.05 Å². The van der Waals surface area contributed by atoms with Crippen LogP contribution in [0.4, 0.5) is 0 Å². The smallest absolute Gasteiger partial charge is 0.0705 e. The molecule has 0 bridgehead atoms. The molecule has 0 atom stereocenters. The SMILES string of the molecule is CCc1ccc(-c2ccc(CNC)c(C)n2)cc1. The standard InChI is InChI=1S/C16H20N2/c1-4-13-5-7-14(8-6-13)16-10-9-15(11-17-3)12(2)18-16/h5-10,17H,4,11H2,1-3H3. The van der Waals surface area contributed by atoms with E-state index in [4.69, 9.17) is 0 Å². The minimum Gasteiger partial charge on any atom is -0.316 e. The maximum absolute atomic E-state index is 4.68. The van der Waals surface area contributed by atoms with E-state index in [9.17, 15) is 0 Å². The zero-order valence-corrected chi connectivity index (χ0v) is 11.3. The van der Waals surface area contributed by atoms with Crippen molar-refractivity contribution in [1.82, 2.24) is 10.3 Å². The molecule has 0 spiro atoms. The Balaban J connectivity index is 2.30. The second-order valence-corrected chi connectivity index (χ2v) is 4.52. The molecule has 1 aromatic carbocycles. The fourth-order valence-electron chi connectivity index (χ4n) is 2.04. The molecule has 1 N–H and O–H groups in total. The normalized spacial score (nSPS) is 10.6. The minimum atomic E-state index is 0.869. The predicted molar refractivity (Wildman–Crippen MR) is 76.6 cm³/mol. The summed E-state index contributed by atoms with van der Waals surface area (Å²) in [6.07, 6.45) is 1.08. The molecule has 0 aliphatic carbocycles. The maximum Gasteiger partial charge on any atom is 0.0705 e. The van der Waals surface area contributed by atoms with Crippen LogP contribution in [0, 0.1) is 6.92 Å². The number of nitrogens with one attached hydrogen (secondary N) is 1. The molecule has 2 heteroatoms. The Morgan fingerprint density at radius 2 is 1.78 bits per heavy atom. The van der Waals surface area contributed by atoms with Gasteiger partial charge in [0.2, 0.25) is 0 Å². The molecule has 0 unspecified atom stereocenters. The molecule has 0 saturated heterocycles. The van der Waals surface area contributed by atoms with Gasteiger partial charge in [0.05, 0.1) is 5.69 Å². The van der Waals surface area contributed by atoms with Crippen molar-refractivity contribution < 1.29 is 0 Å². The number of benzene rings is 1. The Labute approximate surface area is 109 Å². The van der Waals surface area contributed by atoms with Gasteiger partial charge in [0, 0.05) is 17.8 Å². The lowest BCUT2D eigenvalue weighted by molar-refractivity contribution is 0.805. The van der Waals surface area contributed by atoms with Crippen LogP contribution in [0.3, 0.4) is 0 Å². The summed E-state index contributed by atoms with van der Waals surface area (Å²) in [5.41, 5.74) is 5.96. The molecule has 0 fully saturated rings. The van der Waals surface area contributed by atoms with Crippen molar-refractivity contribution in [3.63, 3.8) is 0 Å². The highest BCUT2D eigenvalue weighted by Crippen LogP contribution is 2.19. The molecule has 0 aliphatic rings. The fourth-order valence-corrected chi connectivity index (χ4v) is 2.04. The van der Waals surface area contributed by atoms with Crippen molar-refractivity contribution in [2.24, 2.45) is 0 Å². The van der Waals surface area contributed by atoms with E-state index in [0.29, 0.717) is 0 Å². The van der Waals surface area contributed by atoms with Gasteiger partial charge < -0.3 is 5.32 Å². The second-order valence-electron chi connectivity index (χ2n) is 4.52. The van der Waals surface area contributed by atoms with Crippen LogP contribution in [-0.2, 0) is 13.0 Å². The van der Waals surface area contributed by atoms with Gasteiger partial charge in [0.15, 0.2) is 0 Å². The molecule has 94 valence electrons. The summed E-state index contributed by atoms with van der Waals surface area (Å²) in [6.45, 7) is 5.11. The Bertz CT molecular complexity index is 515. The number of aryl methyl sites for hydroxylation is 2. The maximum atomic E-state index is 4.68. The average molecular weight is 240 g/mol. The third-order valence-electron chi connectivity index (χ3n) is 3.22. The van der Waals surface area contributed by atoms with Crippen molar-refractivity contribution >= 4 is 0 Å². The summed E-state index contributed by atoms with van der Waals surface area (Å²) in [5, 5.41) is 3.16. The molecule has 1 aromatic heterocycles. The zero-order valence-electron chi connectivity index (χ0n) is 11.3. The van der Waals surface area contributed by atoms with Crippen molar-refractivity contribution in [1.29, 1.82) is 0 Å². The van der Waals surface area contributed by atoms with E-state index >= 15 is 0 Å². The minimum absolute atomic E-state index is 0.869. The molecule has 2 nitrogen and oxygen atoms in total. The van der Waals surface area contributed by atoms with Gasteiger partial charge in [0.1, 0.15) is 0 Å². The number of aromatic nitrogens is 1. The van der Waals surface area contributed by atoms with Gasteiger partial charge in [-0.15, -0.1) is 0 Å². The predicted octanol–water partition coefficient (Wildman–Crippen LogP) is 3.34. The van der Waals surface area contributed by atoms with Gasteiger partial charge in [0.25, 0.3) is 0 Å². The third kappa shape index (κ3) is 2.77. The Morgan fingerprint density at radius 1 is 1.06 bits per heavy atom. The summed E-state index contributed by atoms with van der Waals surface area (Å²) in [7, 11) is 1.96. The quantitative estimate of drug-likeness (QED) is 0.886. The molecule has 18 heavy (non-hydrogen) atoms. The average Bonchev–Trinajstić information content (AvgIpc) is 2.41. The van der Waals surface area contributed by atoms with Gasteiger partial charge in [-0.2, -0.15) is 0 Å². The van der Waals surface area contributed by atoms with Crippen molar-refractivity contribution in [2.45, 2.75) is 26.8 Å². The first-order valence-electron chi connectivity index (χ1n) is 6.45. The number of pyridine rings is 1. The highest BCUT2D eigenvalue weighted by atomic mass is 14.8. The Kier molecular flexibility index (Phi) is 4.11. The third-order valence-corrected chi connectivity index (χ3v) is 3.22. The van der Waals surface area contributed by atoms with Crippen molar-refractivity contribution in [3.05, 3.63) is 53.2 Å². The van der Waals surface area contributed by atoms with Crippen LogP contribution < -0.4 is 5.32 Å². The van der Waals surface area contributed by atoms with Gasteiger partial charge in [-0.05, 0) is 37.6 Å². The number of hydrogen-bond donors (Lipinski definition) is 1. The zero-order chi connectivity index (χ0) is 13.0. The monoisotopic (exact) mass is 240 g/mol. The first kappa shape index (κ1) is 12.8. The first-order valence-corrected chi connectivity index (χ1v) is 6.45. The topological polar surface area (TPSA) is 24.9 Å². The molecular weight excluding hydrogens is 220 g/mol. The molecule has 2 rings (SSSR count). The largest absolute Gasteiger partial charge is 0.316 e. The summed E-state index contributed by atoms with van der Waals surface area (Å²) in [5.74, 6) is 0. The van der Waals surface area contributed by atoms with Gasteiger partial charge in [-0.1, -0.05) is 37.3 Å². The van der Waals surface area contributed by atoms with Gasteiger partial charge in [-0.25, -0.2) is 0 Å². The summed E-state index contributed by atoms with van der Waals surface area (Å²) < 4.78 is 0. The van der Waals surface area contributed by atoms with Crippen LogP contribution in [-0.4, -0.2) is 12.0 Å². The molecule has 0 aliphatic heterocycles. The van der Waals surface area contributed by atoms with E-state index in [1.165, 1.54) is 16.7 Å². The summed E-state index contributed by atoms with van der Waals surface area (Å²) >= 11 is 0. The van der Waals surface area contributed by atoms with E-state index in [2.05, 4.69) is 60.5 Å². The Morgan fingerprint density at radius 3 is 2.33 bits per heavy atom. The van der Waals surface area contributed by atoms with Crippen LogP contribution in [0.5, 0.6) is 0 Å². The number of nitrogens with zero attached hydrogens (tertiary/aromatic N) is 1. The van der Waals surface area contributed by atoms with E-state index in [-0.39, 0.29) is 0 Å². The van der Waals surface area contributed by atoms with Gasteiger partial charge >= 0.3 is 0 Å². The van der Waals surface area contributed by atoms with E-state index in [0.717, 1.165) is 24.4 Å². The van der Waals surface area contributed by atoms with Crippen LogP contribution in [0.2, 0.25) is 0 Å². The van der Waals surface area contributed by atoms with Crippen LogP contribution >= 0.6 is 0 Å². The lowest BCUT2D eigenvalue weighted by Gasteiger charge is -2.08. The molecule has 2 aromatic rings. The van der Waals surface area contributed by atoms with Crippen LogP contribution in [0.1, 0.15) is 23.7 Å². The van der Waals surface area contributed by atoms with E-state index < -0.39 is 0 Å². The lowest BCUT2D eigenvalue weighted by atomic mass is 10.1. The molecule has 1 heterocycles. The molecule has 0 saturated carbocycles. The lowest BCUT2D eigenvalue weighted by Crippen LogP contribution is -2.07. The summed E-state index contributed by atoms with van der Waals surface area (Å²) in [4.78, 5) is 4.68. The first-order chi connectivity index (χ1) is 8.74. The molecule has 0 radical (unpaired) electrons. The van der Waals surface area contributed by atoms with Gasteiger partial charge in [-0.3, -0.25) is 4.98 Å². The van der Waals surface area contributed by atoms with Crippen molar-refractivity contribution in [3.8, 4) is 11.3 Å². The fraction of sp³-hybridized carbons (Fsp3) is 0.312. The molecular formula is C16H20N2. The number of hydrogen-bond acceptors (Lipinski definition) is 2. The van der Waals surface area contributed by atoms with E-state index in [1.54, 1.807) is 0 Å². The van der Waals surface area contributed by atoms with Crippen LogP contribution in [0.15, 0.2) is 36.4 Å². The highest BCUT2D eigenvalue weighted by molar-refractivity contribution is 5.60. The highest BCUT2D eigenvalue weighted by Gasteiger charge is 2.03. The second kappa shape index (κ2) is 5.78. The Hall–Kier alpha value is -1.67. The molecule has 0 amide bonds. The summed E-state index contributed by atoms with van der Waals surface area (Å²) in [6, 6.07) is 12.9. The van der Waals surface area contributed by atoms with Crippen LogP contribution in [0.25, 0.3) is 11.3 Å².